The number of fused-ring (bicyclic) bond motifs is 1. The second-order valence-corrected chi connectivity index (χ2v) is 9.03. The average Bonchev–Trinajstić information content (AvgIpc) is 2.65. The molecule has 3 rings (SSSR count). The number of amides is 2. The maximum atomic E-state index is 14.2. The van der Waals surface area contributed by atoms with E-state index in [-0.39, 0.29) is 38.5 Å². The second-order valence-electron chi connectivity index (χ2n) is 9.03. The van der Waals surface area contributed by atoms with Crippen molar-refractivity contribution in [2.75, 3.05) is 0 Å². The Morgan fingerprint density at radius 1 is 1.03 bits per heavy atom. The molecule has 6 unspecified atom stereocenters. The van der Waals surface area contributed by atoms with Gasteiger partial charge in [0, 0.05) is 41.5 Å². The Morgan fingerprint density at radius 2 is 1.65 bits per heavy atom. The highest BCUT2D eigenvalue weighted by atomic mass is 19.4. The monoisotopic (exact) mass is 454 g/mol. The van der Waals surface area contributed by atoms with Crippen LogP contribution < -0.4 is 10.6 Å². The van der Waals surface area contributed by atoms with E-state index in [1.165, 1.54) is 13.8 Å². The third-order valence-corrected chi connectivity index (χ3v) is 6.91. The van der Waals surface area contributed by atoms with Crippen LogP contribution in [0.1, 0.15) is 52.4 Å². The predicted octanol–water partition coefficient (Wildman–Crippen LogP) is 4.10. The Bertz CT molecular complexity index is 740. The van der Waals surface area contributed by atoms with E-state index in [4.69, 9.17) is 0 Å². The van der Waals surface area contributed by atoms with E-state index in [2.05, 4.69) is 10.6 Å². The maximum Gasteiger partial charge on any atom is 0.413 e. The highest BCUT2D eigenvalue weighted by Crippen LogP contribution is 2.45. The highest BCUT2D eigenvalue weighted by molar-refractivity contribution is 6.02. The van der Waals surface area contributed by atoms with Gasteiger partial charge >= 0.3 is 6.18 Å². The molecule has 3 aliphatic rings. The molecule has 2 aliphatic carbocycles. The number of hydrogen-bond donors (Lipinski definition) is 2. The first-order chi connectivity index (χ1) is 14.4. The lowest BCUT2D eigenvalue weighted by Crippen LogP contribution is -2.54. The average molecular weight is 454 g/mol. The van der Waals surface area contributed by atoms with Gasteiger partial charge in [-0.3, -0.25) is 9.59 Å². The van der Waals surface area contributed by atoms with Crippen molar-refractivity contribution >= 4 is 11.8 Å². The van der Waals surface area contributed by atoms with Crippen molar-refractivity contribution in [1.29, 1.82) is 0 Å². The van der Waals surface area contributed by atoms with Gasteiger partial charge in [0.1, 0.15) is 18.5 Å². The zero-order valence-electron chi connectivity index (χ0n) is 17.4. The number of rotatable bonds is 4. The predicted molar refractivity (Wildman–Crippen MR) is 101 cm³/mol. The van der Waals surface area contributed by atoms with E-state index in [1.54, 1.807) is 0 Å². The van der Waals surface area contributed by atoms with Crippen molar-refractivity contribution in [1.82, 2.24) is 10.6 Å². The standard InChI is InChI=1S/C21H28F6N2O2/c1-9(19(30)28-10(2)13-5-3-12(23)8-15(13)24)17-18(21(25,26)27)14-7-11(22)4-6-16(14)29-20(17)31/h9-16H,3-8H2,1-2H3,(H,28,30)(H,29,31)/t9-,10+,11?,12?,13?,14?,15?,16?/m1/s1. The molecule has 0 aromatic rings. The molecule has 176 valence electrons. The van der Waals surface area contributed by atoms with E-state index < -0.39 is 77.5 Å². The van der Waals surface area contributed by atoms with Gasteiger partial charge in [0.25, 0.3) is 0 Å². The van der Waals surface area contributed by atoms with Crippen molar-refractivity contribution in [2.45, 2.75) is 89.1 Å². The van der Waals surface area contributed by atoms with E-state index >= 15 is 0 Å². The van der Waals surface area contributed by atoms with E-state index in [0.717, 1.165) is 0 Å². The molecule has 0 aromatic heterocycles. The first-order valence-electron chi connectivity index (χ1n) is 10.7. The van der Waals surface area contributed by atoms with Gasteiger partial charge in [-0.1, -0.05) is 0 Å². The van der Waals surface area contributed by atoms with Gasteiger partial charge in [-0.2, -0.15) is 13.2 Å². The number of nitrogens with one attached hydrogen (secondary N) is 2. The maximum absolute atomic E-state index is 14.2. The summed E-state index contributed by atoms with van der Waals surface area (Å²) in [6, 6.07) is -1.56. The van der Waals surface area contributed by atoms with E-state index in [1.807, 2.05) is 0 Å². The Labute approximate surface area is 177 Å². The van der Waals surface area contributed by atoms with Gasteiger partial charge in [-0.25, -0.2) is 13.2 Å². The van der Waals surface area contributed by atoms with Gasteiger partial charge in [0.15, 0.2) is 0 Å². The fraction of sp³-hybridized carbons (Fsp3) is 0.810. The summed E-state index contributed by atoms with van der Waals surface area (Å²) in [6.07, 6.45) is -9.15. The summed E-state index contributed by atoms with van der Waals surface area (Å²) in [7, 11) is 0. The number of alkyl halides is 6. The molecule has 31 heavy (non-hydrogen) atoms. The molecule has 1 aliphatic heterocycles. The van der Waals surface area contributed by atoms with E-state index in [0.29, 0.717) is 0 Å². The van der Waals surface area contributed by atoms with Crippen LogP contribution in [0.2, 0.25) is 0 Å². The third kappa shape index (κ3) is 5.03. The Hall–Kier alpha value is -1.74. The van der Waals surface area contributed by atoms with Crippen LogP contribution in [0.15, 0.2) is 11.1 Å². The first-order valence-corrected chi connectivity index (χ1v) is 10.7. The normalized spacial score (nSPS) is 36.3. The summed E-state index contributed by atoms with van der Waals surface area (Å²) in [5, 5.41) is 5.02. The summed E-state index contributed by atoms with van der Waals surface area (Å²) in [4.78, 5) is 25.3. The molecule has 0 spiro atoms. The minimum absolute atomic E-state index is 0.0704. The largest absolute Gasteiger partial charge is 0.413 e. The summed E-state index contributed by atoms with van der Waals surface area (Å²) < 4.78 is 83.3. The summed E-state index contributed by atoms with van der Waals surface area (Å²) >= 11 is 0. The lowest BCUT2D eigenvalue weighted by atomic mass is 9.72. The van der Waals surface area contributed by atoms with E-state index in [9.17, 15) is 35.9 Å². The van der Waals surface area contributed by atoms with Crippen LogP contribution in [0.3, 0.4) is 0 Å². The Balaban J connectivity index is 1.83. The molecule has 10 heteroatoms. The molecule has 0 aromatic carbocycles. The summed E-state index contributed by atoms with van der Waals surface area (Å²) in [5.74, 6) is -5.20. The van der Waals surface area contributed by atoms with Crippen LogP contribution in [0.4, 0.5) is 26.3 Å². The topological polar surface area (TPSA) is 58.2 Å². The molecule has 4 nitrogen and oxygen atoms in total. The number of carbonyl (C=O) groups is 2. The summed E-state index contributed by atoms with van der Waals surface area (Å²) in [6.45, 7) is 2.70. The molecule has 0 bridgehead atoms. The molecule has 0 radical (unpaired) electrons. The van der Waals surface area contributed by atoms with Gasteiger partial charge in [-0.05, 0) is 46.0 Å². The molecule has 1 heterocycles. The van der Waals surface area contributed by atoms with Crippen LogP contribution in [-0.2, 0) is 9.59 Å². The molecule has 0 saturated heterocycles. The van der Waals surface area contributed by atoms with Gasteiger partial charge in [-0.15, -0.1) is 0 Å². The molecular formula is C21H28F6N2O2. The van der Waals surface area contributed by atoms with Crippen LogP contribution in [0, 0.1) is 17.8 Å². The molecule has 8 atom stereocenters. The minimum Gasteiger partial charge on any atom is -0.353 e. The summed E-state index contributed by atoms with van der Waals surface area (Å²) in [5.41, 5.74) is -1.85. The SMILES string of the molecule is C[C@@H](C(=O)N[C@@H](C)C1CCC(F)CC1F)C1=C(C(F)(F)F)C2CC(F)CCC2NC1=O. The highest BCUT2D eigenvalue weighted by Gasteiger charge is 2.52. The third-order valence-electron chi connectivity index (χ3n) is 6.91. The fourth-order valence-electron chi connectivity index (χ4n) is 5.21. The van der Waals surface area contributed by atoms with Crippen LogP contribution in [-0.4, -0.2) is 48.6 Å². The van der Waals surface area contributed by atoms with Crippen LogP contribution >= 0.6 is 0 Å². The smallest absolute Gasteiger partial charge is 0.353 e. The van der Waals surface area contributed by atoms with Crippen molar-refractivity contribution in [2.24, 2.45) is 17.8 Å². The molecule has 2 saturated carbocycles. The van der Waals surface area contributed by atoms with Crippen molar-refractivity contribution in [3.8, 4) is 0 Å². The van der Waals surface area contributed by atoms with Gasteiger partial charge < -0.3 is 10.6 Å². The minimum atomic E-state index is -4.89. The number of halogens is 6. The van der Waals surface area contributed by atoms with Gasteiger partial charge in [0.2, 0.25) is 11.8 Å². The molecule has 2 amide bonds. The molecular weight excluding hydrogens is 426 g/mol. The van der Waals surface area contributed by atoms with Crippen LogP contribution in [0.5, 0.6) is 0 Å². The second kappa shape index (κ2) is 9.02. The number of hydrogen-bond acceptors (Lipinski definition) is 2. The van der Waals surface area contributed by atoms with Crippen molar-refractivity contribution in [3.63, 3.8) is 0 Å². The fourth-order valence-corrected chi connectivity index (χ4v) is 5.21. The lowest BCUT2D eigenvalue weighted by molar-refractivity contribution is -0.132. The molecule has 2 fully saturated rings. The Morgan fingerprint density at radius 3 is 2.26 bits per heavy atom. The quantitative estimate of drug-likeness (QED) is 0.629. The van der Waals surface area contributed by atoms with Crippen LogP contribution in [0.25, 0.3) is 0 Å². The van der Waals surface area contributed by atoms with Crippen molar-refractivity contribution in [3.05, 3.63) is 11.1 Å². The van der Waals surface area contributed by atoms with Crippen molar-refractivity contribution < 1.29 is 35.9 Å². The zero-order valence-corrected chi connectivity index (χ0v) is 17.4. The lowest BCUT2D eigenvalue weighted by Gasteiger charge is -2.41. The zero-order chi connectivity index (χ0) is 23.1. The molecule has 2 N–H and O–H groups in total. The Kier molecular flexibility index (Phi) is 6.96. The number of carbonyl (C=O) groups excluding carboxylic acids is 2. The van der Waals surface area contributed by atoms with Gasteiger partial charge in [0.05, 0.1) is 5.92 Å². The first kappa shape index (κ1) is 23.9.